The molecule has 9 nitrogen and oxygen atoms in total. The molecule has 0 saturated heterocycles. The van der Waals surface area contributed by atoms with E-state index in [1.54, 1.807) is 78.9 Å². The summed E-state index contributed by atoms with van der Waals surface area (Å²) in [6.45, 7) is 9.57. The van der Waals surface area contributed by atoms with Crippen molar-refractivity contribution in [3.63, 3.8) is 0 Å². The number of carbonyl (C=O) groups excluding carboxylic acids is 4. The van der Waals surface area contributed by atoms with Gasteiger partial charge in [-0.2, -0.15) is 0 Å². The third-order valence-corrected chi connectivity index (χ3v) is 7.07. The van der Waals surface area contributed by atoms with Crippen LogP contribution in [0.4, 0.5) is 0 Å². The molecule has 0 aliphatic carbocycles. The molecule has 9 heteroatoms. The second kappa shape index (κ2) is 17.1. The molecule has 0 amide bonds. The van der Waals surface area contributed by atoms with Crippen molar-refractivity contribution in [3.8, 4) is 23.0 Å². The number of esters is 4. The Hall–Kier alpha value is -5.70. The van der Waals surface area contributed by atoms with Crippen LogP contribution in [0.25, 0.3) is 10.8 Å². The van der Waals surface area contributed by atoms with Gasteiger partial charge in [0.15, 0.2) is 0 Å². The van der Waals surface area contributed by atoms with Gasteiger partial charge in [0.2, 0.25) is 0 Å². The van der Waals surface area contributed by atoms with E-state index in [4.69, 9.17) is 23.7 Å². The van der Waals surface area contributed by atoms with Crippen LogP contribution in [0.3, 0.4) is 0 Å². The summed E-state index contributed by atoms with van der Waals surface area (Å²) >= 11 is 0. The minimum Gasteiger partial charge on any atom is -0.494 e. The number of unbranched alkanes of at least 4 members (excludes halogenated alkanes) is 3. The van der Waals surface area contributed by atoms with Crippen molar-refractivity contribution in [2.75, 3.05) is 13.2 Å². The van der Waals surface area contributed by atoms with Gasteiger partial charge in [0.25, 0.3) is 0 Å². The molecule has 0 bridgehead atoms. The molecule has 0 N–H and O–H groups in total. The molecule has 0 aliphatic rings. The van der Waals surface area contributed by atoms with Gasteiger partial charge in [0.1, 0.15) is 23.0 Å². The standard InChI is InChI=1S/C38H36O9/c1-4-26-24-33(46-37(41)27-13-16-31(17-14-27)43-21-9-7-8-10-22-44-35(39)5-2)19-20-34(26)47-38(42)30-12-11-29-25-32(45-36(40)6-3)18-15-28(29)23-30/h5-6,11-20,23-25H,2-4,7-10,21-22H2,1H3. The van der Waals surface area contributed by atoms with E-state index in [0.717, 1.165) is 48.6 Å². The predicted octanol–water partition coefficient (Wildman–Crippen LogP) is 7.60. The fraction of sp³-hybridized carbons (Fsp3) is 0.211. The molecule has 4 aromatic rings. The summed E-state index contributed by atoms with van der Waals surface area (Å²) in [6.07, 6.45) is 6.27. The van der Waals surface area contributed by atoms with Crippen molar-refractivity contribution in [2.45, 2.75) is 39.0 Å². The third-order valence-electron chi connectivity index (χ3n) is 7.07. The third kappa shape index (κ3) is 10.2. The highest BCUT2D eigenvalue weighted by Crippen LogP contribution is 2.28. The molecule has 0 fully saturated rings. The number of hydrogen-bond acceptors (Lipinski definition) is 9. The molecule has 0 saturated carbocycles. The van der Waals surface area contributed by atoms with Crippen LogP contribution in [0.15, 0.2) is 104 Å². The molecule has 0 atom stereocenters. The maximum Gasteiger partial charge on any atom is 0.343 e. The fourth-order valence-electron chi connectivity index (χ4n) is 4.56. The number of rotatable bonds is 16. The zero-order valence-corrected chi connectivity index (χ0v) is 26.2. The number of aryl methyl sites for hydroxylation is 1. The van der Waals surface area contributed by atoms with Crippen molar-refractivity contribution in [1.82, 2.24) is 0 Å². The average Bonchev–Trinajstić information content (AvgIpc) is 3.09. The van der Waals surface area contributed by atoms with Gasteiger partial charge in [-0.25, -0.2) is 19.2 Å². The van der Waals surface area contributed by atoms with Crippen molar-refractivity contribution in [3.05, 3.63) is 121 Å². The van der Waals surface area contributed by atoms with Gasteiger partial charge in [0.05, 0.1) is 24.3 Å². The second-order valence-corrected chi connectivity index (χ2v) is 10.4. The molecule has 4 aromatic carbocycles. The van der Waals surface area contributed by atoms with E-state index in [1.807, 2.05) is 6.92 Å². The molecule has 4 rings (SSSR count). The molecule has 0 radical (unpaired) electrons. The quantitative estimate of drug-likeness (QED) is 0.0531. The molecular formula is C38H36O9. The van der Waals surface area contributed by atoms with E-state index in [-0.39, 0.29) is 0 Å². The summed E-state index contributed by atoms with van der Waals surface area (Å²) in [6, 6.07) is 21.7. The number of benzene rings is 4. The van der Waals surface area contributed by atoms with E-state index in [1.165, 1.54) is 0 Å². The van der Waals surface area contributed by atoms with Crippen LogP contribution in [-0.2, 0) is 20.7 Å². The van der Waals surface area contributed by atoms with E-state index in [2.05, 4.69) is 13.2 Å². The van der Waals surface area contributed by atoms with Crippen molar-refractivity contribution in [2.24, 2.45) is 0 Å². The maximum atomic E-state index is 13.0. The van der Waals surface area contributed by atoms with Crippen LogP contribution in [0.1, 0.15) is 58.9 Å². The molecule has 0 aliphatic heterocycles. The maximum absolute atomic E-state index is 13.0. The number of ether oxygens (including phenoxy) is 5. The zero-order chi connectivity index (χ0) is 33.6. The first-order valence-corrected chi connectivity index (χ1v) is 15.3. The van der Waals surface area contributed by atoms with Crippen molar-refractivity contribution >= 4 is 34.6 Å². The molecule has 0 aromatic heterocycles. The molecule has 0 heterocycles. The number of hydrogen-bond donors (Lipinski definition) is 0. The lowest BCUT2D eigenvalue weighted by molar-refractivity contribution is -0.137. The Labute approximate surface area is 273 Å². The molecule has 242 valence electrons. The van der Waals surface area contributed by atoms with Gasteiger partial charge in [0, 0.05) is 12.2 Å². The lowest BCUT2D eigenvalue weighted by atomic mass is 10.1. The Morgan fingerprint density at radius 2 is 1.19 bits per heavy atom. The fourth-order valence-corrected chi connectivity index (χ4v) is 4.56. The van der Waals surface area contributed by atoms with Crippen LogP contribution in [0, 0.1) is 0 Å². The van der Waals surface area contributed by atoms with Crippen LogP contribution >= 0.6 is 0 Å². The lowest BCUT2D eigenvalue weighted by Crippen LogP contribution is -2.11. The summed E-state index contributed by atoms with van der Waals surface area (Å²) in [5.41, 5.74) is 1.41. The van der Waals surface area contributed by atoms with Gasteiger partial charge in [-0.15, -0.1) is 0 Å². The Bertz CT molecular complexity index is 1760. The highest BCUT2D eigenvalue weighted by molar-refractivity contribution is 5.97. The van der Waals surface area contributed by atoms with Gasteiger partial charge in [-0.05, 0) is 115 Å². The Balaban J connectivity index is 1.28. The Kier molecular flexibility index (Phi) is 12.4. The normalized spacial score (nSPS) is 10.5. The minimum absolute atomic E-state index is 0.324. The first-order valence-electron chi connectivity index (χ1n) is 15.3. The smallest absolute Gasteiger partial charge is 0.343 e. The molecular weight excluding hydrogens is 600 g/mol. The van der Waals surface area contributed by atoms with E-state index >= 15 is 0 Å². The van der Waals surface area contributed by atoms with Crippen molar-refractivity contribution < 1.29 is 42.9 Å². The predicted molar refractivity (Wildman–Crippen MR) is 177 cm³/mol. The van der Waals surface area contributed by atoms with Gasteiger partial charge >= 0.3 is 23.9 Å². The SMILES string of the molecule is C=CC(=O)OCCCCCCOc1ccc(C(=O)Oc2ccc(OC(=O)c3ccc4cc(OC(=O)C=C)ccc4c3)c(CC)c2)cc1. The van der Waals surface area contributed by atoms with Crippen LogP contribution < -0.4 is 18.9 Å². The second-order valence-electron chi connectivity index (χ2n) is 10.4. The van der Waals surface area contributed by atoms with E-state index < -0.39 is 23.9 Å². The summed E-state index contributed by atoms with van der Waals surface area (Å²) < 4.78 is 27.2. The monoisotopic (exact) mass is 636 g/mol. The van der Waals surface area contributed by atoms with Crippen LogP contribution in [-0.4, -0.2) is 37.1 Å². The van der Waals surface area contributed by atoms with Crippen molar-refractivity contribution in [1.29, 1.82) is 0 Å². The van der Waals surface area contributed by atoms with Gasteiger partial charge in [-0.3, -0.25) is 0 Å². The first-order chi connectivity index (χ1) is 22.8. The van der Waals surface area contributed by atoms with Crippen LogP contribution in [0.2, 0.25) is 0 Å². The average molecular weight is 637 g/mol. The van der Waals surface area contributed by atoms with E-state index in [0.29, 0.717) is 59.3 Å². The van der Waals surface area contributed by atoms with Crippen LogP contribution in [0.5, 0.6) is 23.0 Å². The minimum atomic E-state index is -0.556. The Morgan fingerprint density at radius 3 is 1.91 bits per heavy atom. The largest absolute Gasteiger partial charge is 0.494 e. The summed E-state index contributed by atoms with van der Waals surface area (Å²) in [4.78, 5) is 48.3. The number of fused-ring (bicyclic) bond motifs is 1. The topological polar surface area (TPSA) is 114 Å². The zero-order valence-electron chi connectivity index (χ0n) is 26.2. The Morgan fingerprint density at radius 1 is 0.596 bits per heavy atom. The summed E-state index contributed by atoms with van der Waals surface area (Å²) in [5, 5.41) is 1.56. The highest BCUT2D eigenvalue weighted by atomic mass is 16.5. The lowest BCUT2D eigenvalue weighted by Gasteiger charge is -2.12. The molecule has 0 unspecified atom stereocenters. The molecule has 47 heavy (non-hydrogen) atoms. The highest BCUT2D eigenvalue weighted by Gasteiger charge is 2.15. The summed E-state index contributed by atoms with van der Waals surface area (Å²) in [7, 11) is 0. The van der Waals surface area contributed by atoms with Gasteiger partial charge in [-0.1, -0.05) is 32.2 Å². The number of carbonyl (C=O) groups is 4. The first kappa shape index (κ1) is 34.2. The molecule has 0 spiro atoms. The van der Waals surface area contributed by atoms with Gasteiger partial charge < -0.3 is 23.7 Å². The summed E-state index contributed by atoms with van der Waals surface area (Å²) in [5.74, 6) is -0.327. The van der Waals surface area contributed by atoms with E-state index in [9.17, 15) is 19.2 Å².